The molecule has 156 valence electrons. The van der Waals surface area contributed by atoms with Crippen molar-refractivity contribution in [2.24, 2.45) is 0 Å². The molecule has 0 aliphatic heterocycles. The standard InChI is InChI=1S/C24H18Cl2N2O3/c1-30-22-9-5-8-17(23(22)31-15-16-6-3-2-4-7-16)12-18(14-27)24(29)28-21-13-19(25)10-11-20(21)26/h2-13H,15H2,1H3,(H,28,29)/b18-12+. The van der Waals surface area contributed by atoms with Crippen LogP contribution in [0.2, 0.25) is 10.0 Å². The number of halogens is 2. The number of carbonyl (C=O) groups is 1. The smallest absolute Gasteiger partial charge is 0.266 e. The van der Waals surface area contributed by atoms with E-state index in [4.69, 9.17) is 32.7 Å². The number of amides is 1. The molecule has 0 radical (unpaired) electrons. The van der Waals surface area contributed by atoms with Crippen LogP contribution < -0.4 is 14.8 Å². The summed E-state index contributed by atoms with van der Waals surface area (Å²) in [5.41, 5.74) is 1.68. The van der Waals surface area contributed by atoms with Gasteiger partial charge in [0.25, 0.3) is 5.91 Å². The number of nitrogens with zero attached hydrogens (tertiary/aromatic N) is 1. The summed E-state index contributed by atoms with van der Waals surface area (Å²) in [5.74, 6) is 0.291. The SMILES string of the molecule is COc1cccc(/C=C(\C#N)C(=O)Nc2cc(Cl)ccc2Cl)c1OCc1ccccc1. The minimum absolute atomic E-state index is 0.131. The Morgan fingerprint density at radius 3 is 2.58 bits per heavy atom. The first kappa shape index (κ1) is 22.2. The third-order valence-electron chi connectivity index (χ3n) is 4.30. The Labute approximate surface area is 190 Å². The van der Waals surface area contributed by atoms with Gasteiger partial charge in [-0.15, -0.1) is 0 Å². The molecule has 0 aromatic heterocycles. The lowest BCUT2D eigenvalue weighted by molar-refractivity contribution is -0.112. The first-order chi connectivity index (χ1) is 15.0. The molecule has 5 nitrogen and oxygen atoms in total. The summed E-state index contributed by atoms with van der Waals surface area (Å²) >= 11 is 12.1. The lowest BCUT2D eigenvalue weighted by Gasteiger charge is -2.14. The van der Waals surface area contributed by atoms with Crippen LogP contribution in [0, 0.1) is 11.3 Å². The fourth-order valence-corrected chi connectivity index (χ4v) is 3.12. The molecule has 1 N–H and O–H groups in total. The van der Waals surface area contributed by atoms with E-state index >= 15 is 0 Å². The van der Waals surface area contributed by atoms with E-state index in [1.165, 1.54) is 19.3 Å². The molecule has 3 rings (SSSR count). The van der Waals surface area contributed by atoms with Gasteiger partial charge in [0, 0.05) is 10.6 Å². The number of ether oxygens (including phenoxy) is 2. The molecule has 0 bridgehead atoms. The molecule has 0 aliphatic carbocycles. The fourth-order valence-electron chi connectivity index (χ4n) is 2.78. The van der Waals surface area contributed by atoms with Gasteiger partial charge in [-0.1, -0.05) is 65.7 Å². The third kappa shape index (κ3) is 5.79. The minimum atomic E-state index is -0.622. The predicted molar refractivity (Wildman–Crippen MR) is 122 cm³/mol. The second-order valence-electron chi connectivity index (χ2n) is 6.40. The molecule has 31 heavy (non-hydrogen) atoms. The first-order valence-electron chi connectivity index (χ1n) is 9.23. The Balaban J connectivity index is 1.90. The molecule has 0 saturated carbocycles. The Morgan fingerprint density at radius 1 is 1.10 bits per heavy atom. The van der Waals surface area contributed by atoms with Gasteiger partial charge >= 0.3 is 0 Å². The molecule has 0 saturated heterocycles. The molecule has 1 amide bonds. The fraction of sp³-hybridized carbons (Fsp3) is 0.0833. The molecular formula is C24H18Cl2N2O3. The van der Waals surface area contributed by atoms with Gasteiger partial charge in [0.2, 0.25) is 0 Å². The van der Waals surface area contributed by atoms with Crippen molar-refractivity contribution in [2.45, 2.75) is 6.61 Å². The van der Waals surface area contributed by atoms with Crippen LogP contribution in [0.15, 0.2) is 72.3 Å². The molecule has 3 aromatic carbocycles. The van der Waals surface area contributed by atoms with Crippen molar-refractivity contribution in [1.29, 1.82) is 5.26 Å². The van der Waals surface area contributed by atoms with Gasteiger partial charge in [-0.25, -0.2) is 0 Å². The third-order valence-corrected chi connectivity index (χ3v) is 4.86. The van der Waals surface area contributed by atoms with Gasteiger partial charge in [0.15, 0.2) is 11.5 Å². The molecule has 0 spiro atoms. The van der Waals surface area contributed by atoms with E-state index in [1.807, 2.05) is 36.4 Å². The van der Waals surface area contributed by atoms with Gasteiger partial charge in [-0.05, 0) is 35.9 Å². The highest BCUT2D eigenvalue weighted by atomic mass is 35.5. The molecule has 0 unspecified atom stereocenters. The Bertz CT molecular complexity index is 1160. The van der Waals surface area contributed by atoms with Gasteiger partial charge in [-0.2, -0.15) is 5.26 Å². The summed E-state index contributed by atoms with van der Waals surface area (Å²) < 4.78 is 11.4. The number of carbonyl (C=O) groups excluding carboxylic acids is 1. The second kappa shape index (κ2) is 10.5. The van der Waals surface area contributed by atoms with E-state index in [2.05, 4.69) is 5.32 Å². The van der Waals surface area contributed by atoms with Crippen LogP contribution >= 0.6 is 23.2 Å². The summed E-state index contributed by atoms with van der Waals surface area (Å²) in [6.07, 6.45) is 1.44. The van der Waals surface area contributed by atoms with Gasteiger partial charge < -0.3 is 14.8 Å². The van der Waals surface area contributed by atoms with E-state index < -0.39 is 5.91 Å². The van der Waals surface area contributed by atoms with Crippen LogP contribution in [0.1, 0.15) is 11.1 Å². The van der Waals surface area contributed by atoms with Crippen molar-refractivity contribution in [3.8, 4) is 17.6 Å². The van der Waals surface area contributed by atoms with Gasteiger partial charge in [0.1, 0.15) is 18.2 Å². The van der Waals surface area contributed by atoms with Crippen molar-refractivity contribution in [1.82, 2.24) is 0 Å². The van der Waals surface area contributed by atoms with Crippen LogP contribution in [0.5, 0.6) is 11.5 Å². The second-order valence-corrected chi connectivity index (χ2v) is 7.24. The zero-order chi connectivity index (χ0) is 22.2. The minimum Gasteiger partial charge on any atom is -0.493 e. The summed E-state index contributed by atoms with van der Waals surface area (Å²) in [6.45, 7) is 0.300. The molecule has 7 heteroatoms. The Hall–Kier alpha value is -3.46. The number of hydrogen-bond donors (Lipinski definition) is 1. The number of hydrogen-bond acceptors (Lipinski definition) is 4. The zero-order valence-electron chi connectivity index (χ0n) is 16.6. The molecular weight excluding hydrogens is 435 g/mol. The maximum atomic E-state index is 12.7. The number of methoxy groups -OCH3 is 1. The van der Waals surface area contributed by atoms with Crippen LogP contribution in [0.25, 0.3) is 6.08 Å². The first-order valence-corrected chi connectivity index (χ1v) is 9.99. The van der Waals surface area contributed by atoms with E-state index in [1.54, 1.807) is 30.3 Å². The van der Waals surface area contributed by atoms with Crippen molar-refractivity contribution < 1.29 is 14.3 Å². The molecule has 0 heterocycles. The van der Waals surface area contributed by atoms with E-state index in [9.17, 15) is 10.1 Å². The summed E-state index contributed by atoms with van der Waals surface area (Å²) in [6, 6.07) is 21.5. The van der Waals surface area contributed by atoms with E-state index in [-0.39, 0.29) is 5.57 Å². The lowest BCUT2D eigenvalue weighted by Crippen LogP contribution is -2.14. The van der Waals surface area contributed by atoms with Crippen LogP contribution in [-0.2, 0) is 11.4 Å². The largest absolute Gasteiger partial charge is 0.493 e. The lowest BCUT2D eigenvalue weighted by atomic mass is 10.1. The Morgan fingerprint density at radius 2 is 1.87 bits per heavy atom. The zero-order valence-corrected chi connectivity index (χ0v) is 18.1. The Kier molecular flexibility index (Phi) is 7.55. The summed E-state index contributed by atoms with van der Waals surface area (Å²) in [5, 5.41) is 12.9. The summed E-state index contributed by atoms with van der Waals surface area (Å²) in [7, 11) is 1.53. The number of rotatable bonds is 7. The monoisotopic (exact) mass is 452 g/mol. The van der Waals surface area contributed by atoms with Crippen LogP contribution in [0.4, 0.5) is 5.69 Å². The van der Waals surface area contributed by atoms with Gasteiger partial charge in [0.05, 0.1) is 17.8 Å². The van der Waals surface area contributed by atoms with Gasteiger partial charge in [-0.3, -0.25) is 4.79 Å². The molecule has 3 aromatic rings. The maximum absolute atomic E-state index is 12.7. The highest BCUT2D eigenvalue weighted by Gasteiger charge is 2.15. The number of benzene rings is 3. The highest BCUT2D eigenvalue weighted by molar-refractivity contribution is 6.36. The van der Waals surface area contributed by atoms with Crippen molar-refractivity contribution in [3.63, 3.8) is 0 Å². The van der Waals surface area contributed by atoms with Crippen LogP contribution in [0.3, 0.4) is 0 Å². The average molecular weight is 453 g/mol. The quantitative estimate of drug-likeness (QED) is 0.345. The van der Waals surface area contributed by atoms with E-state index in [0.717, 1.165) is 5.56 Å². The molecule has 0 atom stereocenters. The topological polar surface area (TPSA) is 71.3 Å². The van der Waals surface area contributed by atoms with E-state index in [0.29, 0.717) is 39.4 Å². The van der Waals surface area contributed by atoms with Crippen LogP contribution in [-0.4, -0.2) is 13.0 Å². The number of nitrogens with one attached hydrogen (secondary N) is 1. The number of anilines is 1. The molecule has 0 fully saturated rings. The maximum Gasteiger partial charge on any atom is 0.266 e. The normalized spacial score (nSPS) is 10.8. The average Bonchev–Trinajstić information content (AvgIpc) is 2.79. The highest BCUT2D eigenvalue weighted by Crippen LogP contribution is 2.33. The summed E-state index contributed by atoms with van der Waals surface area (Å²) in [4.78, 5) is 12.7. The van der Waals surface area contributed by atoms with Crippen molar-refractivity contribution in [2.75, 3.05) is 12.4 Å². The van der Waals surface area contributed by atoms with Crippen molar-refractivity contribution >= 4 is 40.9 Å². The number of nitriles is 1. The predicted octanol–water partition coefficient (Wildman–Crippen LogP) is 6.13. The van der Waals surface area contributed by atoms with Crippen molar-refractivity contribution in [3.05, 3.63) is 93.5 Å². The number of para-hydroxylation sites is 1. The molecule has 0 aliphatic rings.